The number of carbonyl (C=O) groups is 1. The van der Waals surface area contributed by atoms with E-state index in [9.17, 15) is 4.79 Å². The van der Waals surface area contributed by atoms with E-state index in [1.54, 1.807) is 11.0 Å². The minimum absolute atomic E-state index is 0.112. The number of amides is 1. The molecule has 1 aromatic heterocycles. The van der Waals surface area contributed by atoms with Crippen molar-refractivity contribution in [3.05, 3.63) is 42.5 Å². The molecule has 0 N–H and O–H groups in total. The highest BCUT2D eigenvalue weighted by Gasteiger charge is 2.21. The smallest absolute Gasteiger partial charge is 0.253 e. The maximum atomic E-state index is 11.9. The molecule has 3 rings (SSSR count). The van der Waals surface area contributed by atoms with E-state index in [1.165, 1.54) is 6.33 Å². The number of rotatable bonds is 2. The first-order valence-corrected chi connectivity index (χ1v) is 5.59. The summed E-state index contributed by atoms with van der Waals surface area (Å²) in [5, 5.41) is 4.03. The van der Waals surface area contributed by atoms with Gasteiger partial charge in [-0.1, -0.05) is 0 Å². The zero-order chi connectivity index (χ0) is 11.7. The highest BCUT2D eigenvalue weighted by Crippen LogP contribution is 2.14. The molecule has 0 bridgehead atoms. The summed E-state index contributed by atoms with van der Waals surface area (Å²) in [5.74, 6) is 0.112. The standard InChI is InChI=1S/C12H12N4O/c17-12(15-6-1-7-15)10-2-4-11(5-3-10)16-9-13-8-14-16/h2-5,8-9H,1,6-7H2. The molecular formula is C12H12N4O. The van der Waals surface area contributed by atoms with Gasteiger partial charge in [-0.2, -0.15) is 5.10 Å². The molecule has 0 atom stereocenters. The lowest BCUT2D eigenvalue weighted by Crippen LogP contribution is -2.41. The number of nitrogens with zero attached hydrogens (tertiary/aromatic N) is 4. The Hall–Kier alpha value is -2.17. The highest BCUT2D eigenvalue weighted by molar-refractivity contribution is 5.94. The second-order valence-corrected chi connectivity index (χ2v) is 4.03. The monoisotopic (exact) mass is 228 g/mol. The molecule has 0 spiro atoms. The van der Waals surface area contributed by atoms with Crippen molar-refractivity contribution in [2.45, 2.75) is 6.42 Å². The molecular weight excluding hydrogens is 216 g/mol. The van der Waals surface area contributed by atoms with E-state index in [4.69, 9.17) is 0 Å². The van der Waals surface area contributed by atoms with Crippen LogP contribution in [0.5, 0.6) is 0 Å². The van der Waals surface area contributed by atoms with E-state index >= 15 is 0 Å². The Labute approximate surface area is 98.7 Å². The van der Waals surface area contributed by atoms with Crippen LogP contribution in [0.25, 0.3) is 5.69 Å². The van der Waals surface area contributed by atoms with E-state index in [2.05, 4.69) is 10.1 Å². The Morgan fingerprint density at radius 1 is 1.18 bits per heavy atom. The Balaban J connectivity index is 1.82. The molecule has 1 fully saturated rings. The molecule has 0 unspecified atom stereocenters. The third-order valence-electron chi connectivity index (χ3n) is 2.94. The molecule has 5 nitrogen and oxygen atoms in total. The van der Waals surface area contributed by atoms with Crippen LogP contribution >= 0.6 is 0 Å². The lowest BCUT2D eigenvalue weighted by Gasteiger charge is -2.30. The maximum Gasteiger partial charge on any atom is 0.253 e. The number of benzene rings is 1. The van der Waals surface area contributed by atoms with Crippen LogP contribution in [0, 0.1) is 0 Å². The summed E-state index contributed by atoms with van der Waals surface area (Å²) in [5.41, 5.74) is 1.64. The number of likely N-dealkylation sites (tertiary alicyclic amines) is 1. The molecule has 0 saturated carbocycles. The predicted octanol–water partition coefficient (Wildman–Crippen LogP) is 1.11. The molecule has 0 aliphatic carbocycles. The third kappa shape index (κ3) is 1.80. The van der Waals surface area contributed by atoms with Gasteiger partial charge in [0.15, 0.2) is 0 Å². The lowest BCUT2D eigenvalue weighted by atomic mass is 10.1. The summed E-state index contributed by atoms with van der Waals surface area (Å²) in [6.07, 6.45) is 4.23. The van der Waals surface area contributed by atoms with Crippen LogP contribution in [0.2, 0.25) is 0 Å². The Morgan fingerprint density at radius 3 is 2.47 bits per heavy atom. The lowest BCUT2D eigenvalue weighted by molar-refractivity contribution is 0.0652. The van der Waals surface area contributed by atoms with Crippen molar-refractivity contribution in [3.8, 4) is 5.69 Å². The molecule has 2 heterocycles. The Morgan fingerprint density at radius 2 is 1.94 bits per heavy atom. The zero-order valence-electron chi connectivity index (χ0n) is 9.28. The van der Waals surface area contributed by atoms with Crippen LogP contribution < -0.4 is 0 Å². The predicted molar refractivity (Wildman–Crippen MR) is 61.9 cm³/mol. The molecule has 0 radical (unpaired) electrons. The second-order valence-electron chi connectivity index (χ2n) is 4.03. The van der Waals surface area contributed by atoms with Gasteiger partial charge in [-0.15, -0.1) is 0 Å². The SMILES string of the molecule is O=C(c1ccc(-n2cncn2)cc1)N1CCC1. The minimum Gasteiger partial charge on any atom is -0.339 e. The molecule has 1 aromatic carbocycles. The van der Waals surface area contributed by atoms with E-state index in [0.717, 1.165) is 30.8 Å². The first kappa shape index (κ1) is 10.0. The van der Waals surface area contributed by atoms with Gasteiger partial charge >= 0.3 is 0 Å². The third-order valence-corrected chi connectivity index (χ3v) is 2.94. The average Bonchev–Trinajstić information content (AvgIpc) is 2.80. The van der Waals surface area contributed by atoms with Crippen molar-refractivity contribution >= 4 is 5.91 Å². The Kier molecular flexibility index (Phi) is 2.36. The highest BCUT2D eigenvalue weighted by atomic mass is 16.2. The van der Waals surface area contributed by atoms with Crippen LogP contribution in [0.15, 0.2) is 36.9 Å². The average molecular weight is 228 g/mol. The van der Waals surface area contributed by atoms with Crippen molar-refractivity contribution in [2.24, 2.45) is 0 Å². The summed E-state index contributed by atoms with van der Waals surface area (Å²) in [7, 11) is 0. The summed E-state index contributed by atoms with van der Waals surface area (Å²) in [4.78, 5) is 17.7. The van der Waals surface area contributed by atoms with Crippen molar-refractivity contribution in [1.29, 1.82) is 0 Å². The number of hydrogen-bond acceptors (Lipinski definition) is 3. The van der Waals surface area contributed by atoms with Gasteiger partial charge in [0, 0.05) is 18.7 Å². The molecule has 1 aliphatic heterocycles. The van der Waals surface area contributed by atoms with Crippen LogP contribution in [-0.4, -0.2) is 38.7 Å². The van der Waals surface area contributed by atoms with E-state index in [0.29, 0.717) is 0 Å². The van der Waals surface area contributed by atoms with Crippen LogP contribution in [0.3, 0.4) is 0 Å². The molecule has 1 amide bonds. The fraction of sp³-hybridized carbons (Fsp3) is 0.250. The van der Waals surface area contributed by atoms with Crippen molar-refractivity contribution in [3.63, 3.8) is 0 Å². The van der Waals surface area contributed by atoms with Gasteiger partial charge in [0.2, 0.25) is 0 Å². The summed E-state index contributed by atoms with van der Waals surface area (Å²) < 4.78 is 1.66. The molecule has 86 valence electrons. The molecule has 1 saturated heterocycles. The van der Waals surface area contributed by atoms with Gasteiger partial charge in [-0.05, 0) is 30.7 Å². The van der Waals surface area contributed by atoms with Gasteiger partial charge in [-0.25, -0.2) is 9.67 Å². The summed E-state index contributed by atoms with van der Waals surface area (Å²) >= 11 is 0. The van der Waals surface area contributed by atoms with E-state index in [1.807, 2.05) is 29.2 Å². The Bertz CT molecular complexity index is 514. The zero-order valence-corrected chi connectivity index (χ0v) is 9.28. The number of aromatic nitrogens is 3. The first-order chi connectivity index (χ1) is 8.34. The van der Waals surface area contributed by atoms with Crippen LogP contribution in [0.1, 0.15) is 16.8 Å². The van der Waals surface area contributed by atoms with Gasteiger partial charge in [0.25, 0.3) is 5.91 Å². The number of hydrogen-bond donors (Lipinski definition) is 0. The second kappa shape index (κ2) is 4.01. The van der Waals surface area contributed by atoms with Gasteiger partial charge < -0.3 is 4.90 Å². The topological polar surface area (TPSA) is 51.0 Å². The van der Waals surface area contributed by atoms with Crippen molar-refractivity contribution in [1.82, 2.24) is 19.7 Å². The molecule has 17 heavy (non-hydrogen) atoms. The fourth-order valence-electron chi connectivity index (χ4n) is 1.80. The van der Waals surface area contributed by atoms with Crippen LogP contribution in [0.4, 0.5) is 0 Å². The maximum absolute atomic E-state index is 11.9. The van der Waals surface area contributed by atoms with Crippen molar-refractivity contribution in [2.75, 3.05) is 13.1 Å². The normalized spacial score (nSPS) is 14.5. The minimum atomic E-state index is 0.112. The first-order valence-electron chi connectivity index (χ1n) is 5.59. The van der Waals surface area contributed by atoms with E-state index < -0.39 is 0 Å². The fourth-order valence-corrected chi connectivity index (χ4v) is 1.80. The summed E-state index contributed by atoms with van der Waals surface area (Å²) in [6.45, 7) is 1.76. The molecule has 1 aliphatic rings. The molecule has 5 heteroatoms. The van der Waals surface area contributed by atoms with Gasteiger partial charge in [0.1, 0.15) is 12.7 Å². The molecule has 2 aromatic rings. The van der Waals surface area contributed by atoms with Crippen LogP contribution in [-0.2, 0) is 0 Å². The largest absolute Gasteiger partial charge is 0.339 e. The van der Waals surface area contributed by atoms with Gasteiger partial charge in [0.05, 0.1) is 5.69 Å². The summed E-state index contributed by atoms with van der Waals surface area (Å²) in [6, 6.07) is 7.42. The van der Waals surface area contributed by atoms with Crippen molar-refractivity contribution < 1.29 is 4.79 Å². The quantitative estimate of drug-likeness (QED) is 0.773. The number of carbonyl (C=O) groups excluding carboxylic acids is 1. The van der Waals surface area contributed by atoms with Gasteiger partial charge in [-0.3, -0.25) is 4.79 Å². The van der Waals surface area contributed by atoms with E-state index in [-0.39, 0.29) is 5.91 Å².